The first-order valence-electron chi connectivity index (χ1n) is 8.98. The average molecular weight is 435 g/mol. The number of non-ortho nitro benzene ring substituents is 1. The number of nitrogens with one attached hydrogen (secondary N) is 1. The predicted octanol–water partition coefficient (Wildman–Crippen LogP) is 2.20. The number of hydrogen-bond donors (Lipinski definition) is 1. The van der Waals surface area contributed by atoms with Crippen LogP contribution in [0.2, 0.25) is 0 Å². The van der Waals surface area contributed by atoms with Crippen molar-refractivity contribution in [3.8, 4) is 11.5 Å². The Kier molecular flexibility index (Phi) is 6.22. The quantitative estimate of drug-likeness (QED) is 0.289. The van der Waals surface area contributed by atoms with Gasteiger partial charge in [0, 0.05) is 36.7 Å². The lowest BCUT2D eigenvalue weighted by molar-refractivity contribution is -0.384. The van der Waals surface area contributed by atoms with Gasteiger partial charge in [-0.2, -0.15) is 13.5 Å². The molecular weight excluding hydrogens is 414 g/mol. The smallest absolute Gasteiger partial charge is 0.269 e. The molecule has 1 unspecified atom stereocenters. The van der Waals surface area contributed by atoms with Crippen molar-refractivity contribution in [2.75, 3.05) is 20.1 Å². The van der Waals surface area contributed by atoms with Crippen LogP contribution >= 0.6 is 0 Å². The summed E-state index contributed by atoms with van der Waals surface area (Å²) in [7, 11) is -1.99. The minimum atomic E-state index is -3.63. The Morgan fingerprint density at radius 3 is 2.47 bits per heavy atom. The molecule has 2 aromatic rings. The molecule has 0 fully saturated rings. The van der Waals surface area contributed by atoms with Gasteiger partial charge in [0.15, 0.2) is 11.5 Å². The Morgan fingerprint density at radius 1 is 1.27 bits per heavy atom. The summed E-state index contributed by atoms with van der Waals surface area (Å²) in [6.07, 6.45) is 0.621. The molecule has 1 aliphatic rings. The van der Waals surface area contributed by atoms with Crippen molar-refractivity contribution in [2.45, 2.75) is 19.4 Å². The molecule has 0 amide bonds. The van der Waals surface area contributed by atoms with Crippen LogP contribution in [0.1, 0.15) is 23.6 Å². The van der Waals surface area contributed by atoms with E-state index in [1.54, 1.807) is 38.2 Å². The summed E-state index contributed by atoms with van der Waals surface area (Å²) < 4.78 is 39.0. The van der Waals surface area contributed by atoms with E-state index in [-0.39, 0.29) is 18.9 Å². The molecule has 0 spiro atoms. The Bertz CT molecular complexity index is 1080. The van der Waals surface area contributed by atoms with Crippen LogP contribution in [0.25, 0.3) is 0 Å². The number of rotatable bonds is 8. The fraction of sp³-hybridized carbons (Fsp3) is 0.316. The number of fused-ring (bicyclic) bond motifs is 1. The molecule has 0 saturated carbocycles. The van der Waals surface area contributed by atoms with Gasteiger partial charge in [-0.15, -0.1) is 0 Å². The summed E-state index contributed by atoms with van der Waals surface area (Å²) in [5.41, 5.74) is 5.23. The molecule has 1 N–H and O–H groups in total. The van der Waals surface area contributed by atoms with Crippen LogP contribution in [0.3, 0.4) is 0 Å². The molecule has 2 aromatic carbocycles. The molecule has 10 nitrogen and oxygen atoms in total. The summed E-state index contributed by atoms with van der Waals surface area (Å²) in [6, 6.07) is 9.49. The number of ether oxygens (including phenoxy) is 2. The largest absolute Gasteiger partial charge is 0.454 e. The van der Waals surface area contributed by atoms with Crippen molar-refractivity contribution in [3.05, 3.63) is 63.2 Å². The van der Waals surface area contributed by atoms with Gasteiger partial charge in [0.05, 0.1) is 23.0 Å². The van der Waals surface area contributed by atoms with E-state index in [2.05, 4.69) is 10.5 Å². The number of nitrogens with zero attached hydrogens (tertiary/aromatic N) is 2. The monoisotopic (exact) mass is 435 g/mol. The van der Waals surface area contributed by atoms with Crippen LogP contribution in [-0.2, 0) is 20.7 Å². The number of benzene rings is 2. The van der Waals surface area contributed by atoms with Crippen LogP contribution in [0.5, 0.6) is 11.5 Å². The van der Waals surface area contributed by atoms with Gasteiger partial charge in [0.2, 0.25) is 6.79 Å². The maximum Gasteiger partial charge on any atom is 0.269 e. The third kappa shape index (κ3) is 5.05. The highest BCUT2D eigenvalue weighted by atomic mass is 32.2. The lowest BCUT2D eigenvalue weighted by atomic mass is 9.94. The third-order valence-corrected chi connectivity index (χ3v) is 4.95. The first-order chi connectivity index (χ1) is 14.2. The molecular formula is C19H21N3O7S. The van der Waals surface area contributed by atoms with Gasteiger partial charge in [0.1, 0.15) is 0 Å². The molecule has 30 heavy (non-hydrogen) atoms. The third-order valence-electron chi connectivity index (χ3n) is 4.28. The SMILES string of the molecule is CNN=C(c1ccc([N+](=O)[O-])cc1)c1cc2c(cc1CC(C)OS(C)(=O)=O)OCO2. The summed E-state index contributed by atoms with van der Waals surface area (Å²) in [5, 5.41) is 15.3. The number of hydrogen-bond acceptors (Lipinski definition) is 9. The van der Waals surface area contributed by atoms with Crippen molar-refractivity contribution < 1.29 is 27.0 Å². The van der Waals surface area contributed by atoms with Crippen LogP contribution in [-0.4, -0.2) is 45.3 Å². The highest BCUT2D eigenvalue weighted by Crippen LogP contribution is 2.36. The van der Waals surface area contributed by atoms with E-state index >= 15 is 0 Å². The molecule has 1 heterocycles. The summed E-state index contributed by atoms with van der Waals surface area (Å²) >= 11 is 0. The molecule has 0 aromatic heterocycles. The zero-order valence-electron chi connectivity index (χ0n) is 16.6. The highest BCUT2D eigenvalue weighted by molar-refractivity contribution is 7.86. The van der Waals surface area contributed by atoms with E-state index in [9.17, 15) is 18.5 Å². The van der Waals surface area contributed by atoms with Crippen LogP contribution < -0.4 is 14.9 Å². The molecule has 0 aliphatic carbocycles. The van der Waals surface area contributed by atoms with E-state index < -0.39 is 21.1 Å². The van der Waals surface area contributed by atoms with Crippen molar-refractivity contribution in [3.63, 3.8) is 0 Å². The van der Waals surface area contributed by atoms with Gasteiger partial charge < -0.3 is 14.9 Å². The van der Waals surface area contributed by atoms with Crippen molar-refractivity contribution in [1.82, 2.24) is 5.43 Å². The van der Waals surface area contributed by atoms with E-state index in [4.69, 9.17) is 13.7 Å². The second-order valence-corrected chi connectivity index (χ2v) is 8.27. The topological polar surface area (TPSA) is 129 Å². The van der Waals surface area contributed by atoms with E-state index in [1.165, 1.54) is 12.1 Å². The molecule has 1 atom stereocenters. The lowest BCUT2D eigenvalue weighted by Crippen LogP contribution is -2.19. The van der Waals surface area contributed by atoms with Gasteiger partial charge >= 0.3 is 0 Å². The van der Waals surface area contributed by atoms with Gasteiger partial charge in [-0.05, 0) is 36.8 Å². The van der Waals surface area contributed by atoms with Gasteiger partial charge in [-0.3, -0.25) is 14.3 Å². The first kappa shape index (κ1) is 21.5. The molecule has 0 radical (unpaired) electrons. The van der Waals surface area contributed by atoms with E-state index in [0.717, 1.165) is 11.8 Å². The molecule has 160 valence electrons. The van der Waals surface area contributed by atoms with Gasteiger partial charge in [-0.25, -0.2) is 0 Å². The normalized spacial score (nSPS) is 14.4. The summed E-state index contributed by atoms with van der Waals surface area (Å²) in [6.45, 7) is 1.72. The molecule has 0 bridgehead atoms. The molecule has 3 rings (SSSR count). The average Bonchev–Trinajstić information content (AvgIpc) is 3.11. The zero-order chi connectivity index (χ0) is 21.9. The minimum absolute atomic E-state index is 0.0383. The fourth-order valence-electron chi connectivity index (χ4n) is 3.15. The fourth-order valence-corrected chi connectivity index (χ4v) is 3.81. The first-order valence-corrected chi connectivity index (χ1v) is 10.8. The number of hydrazone groups is 1. The molecule has 11 heteroatoms. The van der Waals surface area contributed by atoms with Gasteiger partial charge in [0.25, 0.3) is 15.8 Å². The summed E-state index contributed by atoms with van der Waals surface area (Å²) in [4.78, 5) is 10.5. The number of nitro benzene ring substituents is 1. The van der Waals surface area contributed by atoms with Gasteiger partial charge in [-0.1, -0.05) is 0 Å². The molecule has 1 aliphatic heterocycles. The maximum atomic E-state index is 11.5. The second-order valence-electron chi connectivity index (χ2n) is 6.67. The standard InChI is InChI=1S/C19H21N3O7S/c1-12(29-30(3,25)26)8-14-9-17-18(28-11-27-17)10-16(14)19(21-20-2)13-4-6-15(7-5-13)22(23)24/h4-7,9-10,12,20H,8,11H2,1-3H3. The Hall–Kier alpha value is -3.18. The summed E-state index contributed by atoms with van der Waals surface area (Å²) in [5.74, 6) is 1.06. The van der Waals surface area contributed by atoms with Crippen LogP contribution in [0, 0.1) is 10.1 Å². The highest BCUT2D eigenvalue weighted by Gasteiger charge is 2.23. The van der Waals surface area contributed by atoms with E-state index in [1.807, 2.05) is 0 Å². The maximum absolute atomic E-state index is 11.5. The van der Waals surface area contributed by atoms with Crippen molar-refractivity contribution in [2.24, 2.45) is 5.10 Å². The van der Waals surface area contributed by atoms with Crippen LogP contribution in [0.4, 0.5) is 5.69 Å². The van der Waals surface area contributed by atoms with Crippen LogP contribution in [0.15, 0.2) is 41.5 Å². The minimum Gasteiger partial charge on any atom is -0.454 e. The van der Waals surface area contributed by atoms with Crippen molar-refractivity contribution in [1.29, 1.82) is 0 Å². The predicted molar refractivity (Wildman–Crippen MR) is 109 cm³/mol. The zero-order valence-corrected chi connectivity index (χ0v) is 17.4. The molecule has 0 saturated heterocycles. The van der Waals surface area contributed by atoms with E-state index in [0.29, 0.717) is 28.3 Å². The second kappa shape index (κ2) is 8.67. The van der Waals surface area contributed by atoms with Crippen molar-refractivity contribution >= 4 is 21.5 Å². The Labute approximate surface area is 173 Å². The Morgan fingerprint density at radius 2 is 1.90 bits per heavy atom. The Balaban J connectivity index is 2.06. The lowest BCUT2D eigenvalue weighted by Gasteiger charge is -2.17. The number of nitro groups is 1.